The second kappa shape index (κ2) is 9.59. The number of hydrogen-bond acceptors (Lipinski definition) is 6. The summed E-state index contributed by atoms with van der Waals surface area (Å²) in [4.78, 5) is 27.3. The number of halogens is 3. The highest BCUT2D eigenvalue weighted by atomic mass is 35.5. The molecule has 0 amide bonds. The molecule has 11 heteroatoms. The number of rotatable bonds is 7. The molecule has 0 aliphatic rings. The molecule has 3 aromatic rings. The van der Waals surface area contributed by atoms with E-state index >= 15 is 0 Å². The molecule has 3 heterocycles. The van der Waals surface area contributed by atoms with Gasteiger partial charge in [0.25, 0.3) is 5.56 Å². The molecule has 0 bridgehead atoms. The molecule has 0 aliphatic heterocycles. The van der Waals surface area contributed by atoms with Crippen LogP contribution in [0.3, 0.4) is 0 Å². The van der Waals surface area contributed by atoms with Crippen LogP contribution in [0, 0.1) is 0 Å². The van der Waals surface area contributed by atoms with Crippen molar-refractivity contribution in [3.8, 4) is 0 Å². The standard InChI is InChI=1S/C19H20Cl3N7O/c1-4-7-12(6-3)29-14(26-28-10-8-13(20)15(28)16(29)30)11-27(9-5-2)19-24-17(21)23-18(22)25-19/h4,6-8,10H,5,9,11H2,1-3H3/b7-4-,12-6+. The van der Waals surface area contributed by atoms with Gasteiger partial charge in [-0.15, -0.1) is 0 Å². The molecule has 30 heavy (non-hydrogen) atoms. The highest BCUT2D eigenvalue weighted by molar-refractivity contribution is 6.33. The van der Waals surface area contributed by atoms with E-state index in [0.717, 1.165) is 6.42 Å². The van der Waals surface area contributed by atoms with E-state index in [0.29, 0.717) is 34.6 Å². The van der Waals surface area contributed by atoms with Crippen molar-refractivity contribution in [1.82, 2.24) is 29.1 Å². The first-order chi connectivity index (χ1) is 14.4. The predicted molar refractivity (Wildman–Crippen MR) is 120 cm³/mol. The maximum absolute atomic E-state index is 13.3. The lowest BCUT2D eigenvalue weighted by Crippen LogP contribution is -2.33. The molecule has 0 fully saturated rings. The first-order valence-electron chi connectivity index (χ1n) is 9.29. The number of hydrogen-bond donors (Lipinski definition) is 0. The Kier molecular flexibility index (Phi) is 7.12. The molecule has 3 rings (SSSR count). The highest BCUT2D eigenvalue weighted by Gasteiger charge is 2.20. The Balaban J connectivity index is 2.21. The zero-order chi connectivity index (χ0) is 21.8. The molecule has 158 valence electrons. The zero-order valence-corrected chi connectivity index (χ0v) is 18.9. The summed E-state index contributed by atoms with van der Waals surface area (Å²) in [6.07, 6.45) is 7.97. The number of nitrogens with zero attached hydrogens (tertiary/aromatic N) is 7. The van der Waals surface area contributed by atoms with Crippen molar-refractivity contribution in [3.63, 3.8) is 0 Å². The highest BCUT2D eigenvalue weighted by Crippen LogP contribution is 2.20. The molecule has 0 unspecified atom stereocenters. The summed E-state index contributed by atoms with van der Waals surface area (Å²) in [6.45, 7) is 6.57. The van der Waals surface area contributed by atoms with Crippen LogP contribution in [0.5, 0.6) is 0 Å². The summed E-state index contributed by atoms with van der Waals surface area (Å²) in [7, 11) is 0. The van der Waals surface area contributed by atoms with E-state index in [1.807, 2.05) is 43.9 Å². The number of anilines is 1. The molecule has 0 aromatic carbocycles. The maximum atomic E-state index is 13.3. The van der Waals surface area contributed by atoms with Crippen molar-refractivity contribution in [1.29, 1.82) is 0 Å². The van der Waals surface area contributed by atoms with E-state index in [1.165, 1.54) is 9.08 Å². The SMILES string of the molecule is C/C=C\C(=C/C)n1c(CN(CCC)c2nc(Cl)nc(Cl)n2)nn2ccc(Cl)c2c1=O. The Morgan fingerprint density at radius 3 is 2.47 bits per heavy atom. The van der Waals surface area contributed by atoms with Crippen LogP contribution < -0.4 is 10.5 Å². The van der Waals surface area contributed by atoms with Gasteiger partial charge in [-0.3, -0.25) is 9.36 Å². The van der Waals surface area contributed by atoms with Crippen LogP contribution in [0.25, 0.3) is 11.2 Å². The lowest BCUT2D eigenvalue weighted by Gasteiger charge is -2.23. The molecule has 0 aliphatic carbocycles. The number of fused-ring (bicyclic) bond motifs is 1. The van der Waals surface area contributed by atoms with Gasteiger partial charge in [0.1, 0.15) is 5.52 Å². The number of allylic oxidation sites excluding steroid dienone is 4. The molecular formula is C19H20Cl3N7O. The van der Waals surface area contributed by atoms with E-state index < -0.39 is 0 Å². The summed E-state index contributed by atoms with van der Waals surface area (Å²) >= 11 is 18.2. The average Bonchev–Trinajstić information content (AvgIpc) is 3.06. The first kappa shape index (κ1) is 22.3. The zero-order valence-electron chi connectivity index (χ0n) is 16.7. The van der Waals surface area contributed by atoms with Gasteiger partial charge in [-0.1, -0.05) is 30.7 Å². The topological polar surface area (TPSA) is 81.2 Å². The molecule has 0 atom stereocenters. The van der Waals surface area contributed by atoms with Crippen molar-refractivity contribution >= 4 is 52.0 Å². The van der Waals surface area contributed by atoms with Crippen LogP contribution >= 0.6 is 34.8 Å². The van der Waals surface area contributed by atoms with Gasteiger partial charge in [0.05, 0.1) is 11.6 Å². The lowest BCUT2D eigenvalue weighted by molar-refractivity contribution is 0.662. The Bertz CT molecular complexity index is 1160. The van der Waals surface area contributed by atoms with Crippen molar-refractivity contribution in [2.24, 2.45) is 0 Å². The average molecular weight is 469 g/mol. The van der Waals surface area contributed by atoms with Crippen LogP contribution in [-0.4, -0.2) is 35.7 Å². The molecular weight excluding hydrogens is 449 g/mol. The van der Waals surface area contributed by atoms with E-state index in [9.17, 15) is 4.79 Å². The molecule has 8 nitrogen and oxygen atoms in total. The Morgan fingerprint density at radius 1 is 1.17 bits per heavy atom. The predicted octanol–water partition coefficient (Wildman–Crippen LogP) is 4.49. The Morgan fingerprint density at radius 2 is 1.87 bits per heavy atom. The van der Waals surface area contributed by atoms with Gasteiger partial charge in [-0.05, 0) is 55.6 Å². The molecule has 0 saturated heterocycles. The van der Waals surface area contributed by atoms with Gasteiger partial charge in [0.15, 0.2) is 5.82 Å². The summed E-state index contributed by atoms with van der Waals surface area (Å²) in [6, 6.07) is 1.64. The molecule has 0 spiro atoms. The summed E-state index contributed by atoms with van der Waals surface area (Å²) < 4.78 is 3.02. The monoisotopic (exact) mass is 467 g/mol. The van der Waals surface area contributed by atoms with Crippen molar-refractivity contribution < 1.29 is 0 Å². The van der Waals surface area contributed by atoms with E-state index in [4.69, 9.17) is 34.8 Å². The van der Waals surface area contributed by atoms with Crippen LogP contribution in [-0.2, 0) is 6.54 Å². The van der Waals surface area contributed by atoms with E-state index in [-0.39, 0.29) is 22.7 Å². The summed E-state index contributed by atoms with van der Waals surface area (Å²) in [5.41, 5.74) is 0.704. The van der Waals surface area contributed by atoms with Gasteiger partial charge in [-0.2, -0.15) is 20.1 Å². The van der Waals surface area contributed by atoms with Crippen molar-refractivity contribution in [3.05, 3.63) is 62.3 Å². The second-order valence-electron chi connectivity index (χ2n) is 6.32. The Labute approximate surface area is 188 Å². The van der Waals surface area contributed by atoms with Gasteiger partial charge in [-0.25, -0.2) is 4.52 Å². The van der Waals surface area contributed by atoms with Crippen LogP contribution in [0.1, 0.15) is 33.0 Å². The van der Waals surface area contributed by atoms with Crippen molar-refractivity contribution in [2.45, 2.75) is 33.7 Å². The molecule has 3 aromatic heterocycles. The fraction of sp³-hybridized carbons (Fsp3) is 0.316. The van der Waals surface area contributed by atoms with Crippen LogP contribution in [0.15, 0.2) is 35.3 Å². The number of aromatic nitrogens is 6. The molecule has 0 radical (unpaired) electrons. The van der Waals surface area contributed by atoms with Gasteiger partial charge in [0, 0.05) is 18.4 Å². The largest absolute Gasteiger partial charge is 0.333 e. The quantitative estimate of drug-likeness (QED) is 0.475. The minimum atomic E-state index is -0.274. The van der Waals surface area contributed by atoms with Crippen molar-refractivity contribution in [2.75, 3.05) is 11.4 Å². The third-order valence-electron chi connectivity index (χ3n) is 4.27. The fourth-order valence-electron chi connectivity index (χ4n) is 3.06. The second-order valence-corrected chi connectivity index (χ2v) is 7.41. The van der Waals surface area contributed by atoms with Crippen LogP contribution in [0.2, 0.25) is 15.6 Å². The summed E-state index contributed by atoms with van der Waals surface area (Å²) in [5, 5.41) is 4.97. The van der Waals surface area contributed by atoms with Gasteiger partial charge >= 0.3 is 0 Å². The minimum absolute atomic E-state index is 0.00726. The maximum Gasteiger partial charge on any atom is 0.284 e. The fourth-order valence-corrected chi connectivity index (χ4v) is 3.64. The van der Waals surface area contributed by atoms with Crippen LogP contribution in [0.4, 0.5) is 5.95 Å². The first-order valence-corrected chi connectivity index (χ1v) is 10.4. The Hall–Kier alpha value is -2.42. The lowest BCUT2D eigenvalue weighted by atomic mass is 10.3. The van der Waals surface area contributed by atoms with Gasteiger partial charge < -0.3 is 4.90 Å². The third-order valence-corrected chi connectivity index (χ3v) is 4.92. The normalized spacial score (nSPS) is 12.3. The summed E-state index contributed by atoms with van der Waals surface area (Å²) in [5.74, 6) is 0.786. The molecule has 0 N–H and O–H groups in total. The molecule has 0 saturated carbocycles. The van der Waals surface area contributed by atoms with E-state index in [1.54, 1.807) is 12.3 Å². The van der Waals surface area contributed by atoms with E-state index in [2.05, 4.69) is 20.1 Å². The smallest absolute Gasteiger partial charge is 0.284 e. The third kappa shape index (κ3) is 4.50. The minimum Gasteiger partial charge on any atom is -0.333 e. The van der Waals surface area contributed by atoms with Gasteiger partial charge in [0.2, 0.25) is 16.5 Å².